The molecular weight excluding hydrogens is 593 g/mol. The summed E-state index contributed by atoms with van der Waals surface area (Å²) in [5.74, 6) is -1.29. The Kier molecular flexibility index (Phi) is 8.81. The van der Waals surface area contributed by atoms with Crippen molar-refractivity contribution in [1.29, 1.82) is 0 Å². The van der Waals surface area contributed by atoms with E-state index in [1.807, 2.05) is 18.2 Å². The van der Waals surface area contributed by atoms with Crippen molar-refractivity contribution in [3.8, 4) is 11.3 Å². The molecule has 42 heavy (non-hydrogen) atoms. The topological polar surface area (TPSA) is 80.2 Å². The van der Waals surface area contributed by atoms with E-state index >= 15 is 0 Å². The number of alkyl halides is 5. The molecular formula is C29H26F5N5OS2. The standard InChI is InChI=1S/C29H26F5N5OS2/c30-28(31)7-9-39(10-8-28)27(41)19-4-5-24(36-16-19)20-12-21-13-22(40-26(21)23(14-20)29(32,33)34)17-38-42-11-1-2-18-3-6-25(35)37-15-18/h1-6,12-16,38H,7-11,17H2,(H2,35,37)/b2-1+. The first-order chi connectivity index (χ1) is 20.0. The Balaban J connectivity index is 1.27. The van der Waals surface area contributed by atoms with Crippen LogP contribution in [0.2, 0.25) is 0 Å². The smallest absolute Gasteiger partial charge is 0.420 e. The summed E-state index contributed by atoms with van der Waals surface area (Å²) in [6.45, 7) is 0.483. The average Bonchev–Trinajstić information content (AvgIpc) is 3.37. The van der Waals surface area contributed by atoms with E-state index in [9.17, 15) is 22.0 Å². The number of likely N-dealkylation sites (tertiary alicyclic amines) is 1. The summed E-state index contributed by atoms with van der Waals surface area (Å²) >= 11 is 6.84. The molecule has 1 fully saturated rings. The molecule has 0 saturated carbocycles. The molecule has 5 rings (SSSR count). The molecule has 1 saturated heterocycles. The van der Waals surface area contributed by atoms with Gasteiger partial charge in [-0.25, -0.2) is 13.8 Å². The Bertz CT molecular complexity index is 1580. The van der Waals surface area contributed by atoms with Gasteiger partial charge >= 0.3 is 6.18 Å². The van der Waals surface area contributed by atoms with Gasteiger partial charge in [0.05, 0.1) is 17.8 Å². The third-order valence-electron chi connectivity index (χ3n) is 6.71. The zero-order chi connectivity index (χ0) is 29.9. The first kappa shape index (κ1) is 29.9. The number of nitrogens with two attached hydrogens (primary N) is 1. The number of furan rings is 1. The van der Waals surface area contributed by atoms with Crippen LogP contribution < -0.4 is 10.5 Å². The maximum absolute atomic E-state index is 14.0. The molecule has 1 aliphatic rings. The van der Waals surface area contributed by atoms with Crippen LogP contribution in [-0.4, -0.2) is 44.6 Å². The number of thiocarbonyl (C=S) groups is 1. The molecule has 0 bridgehead atoms. The minimum absolute atomic E-state index is 0.132. The van der Waals surface area contributed by atoms with E-state index in [0.29, 0.717) is 39.0 Å². The number of aromatic nitrogens is 2. The predicted octanol–water partition coefficient (Wildman–Crippen LogP) is 7.35. The fourth-order valence-corrected chi connectivity index (χ4v) is 5.35. The number of nitrogens with zero attached hydrogens (tertiary/aromatic N) is 3. The van der Waals surface area contributed by atoms with E-state index in [4.69, 9.17) is 22.4 Å². The van der Waals surface area contributed by atoms with Crippen LogP contribution in [0.25, 0.3) is 28.3 Å². The SMILES string of the molecule is Nc1ccc(/C=C/CSNCc2cc3cc(-c4ccc(C(=S)N5CCC(F)(F)CC5)cn4)cc(C(F)(F)F)c3o2)cn1. The lowest BCUT2D eigenvalue weighted by molar-refractivity contribution is -0.136. The van der Waals surface area contributed by atoms with Crippen molar-refractivity contribution in [2.75, 3.05) is 24.6 Å². The van der Waals surface area contributed by atoms with Crippen LogP contribution in [-0.2, 0) is 12.7 Å². The van der Waals surface area contributed by atoms with Crippen molar-refractivity contribution in [3.63, 3.8) is 0 Å². The van der Waals surface area contributed by atoms with Gasteiger partial charge in [0.2, 0.25) is 0 Å². The van der Waals surface area contributed by atoms with E-state index in [0.717, 1.165) is 11.6 Å². The van der Waals surface area contributed by atoms with Gasteiger partial charge in [0.1, 0.15) is 22.1 Å². The molecule has 0 unspecified atom stereocenters. The third-order valence-corrected chi connectivity index (χ3v) is 7.91. The molecule has 0 amide bonds. The molecule has 4 heterocycles. The number of hydrogen-bond acceptors (Lipinski definition) is 7. The predicted molar refractivity (Wildman–Crippen MR) is 159 cm³/mol. The number of hydrogen-bond donors (Lipinski definition) is 2. The van der Waals surface area contributed by atoms with Crippen LogP contribution >= 0.6 is 24.2 Å². The van der Waals surface area contributed by atoms with E-state index in [-0.39, 0.29) is 43.6 Å². The summed E-state index contributed by atoms with van der Waals surface area (Å²) in [4.78, 5) is 10.4. The Morgan fingerprint density at radius 3 is 2.55 bits per heavy atom. The lowest BCUT2D eigenvalue weighted by atomic mass is 10.0. The number of anilines is 1. The molecule has 6 nitrogen and oxygen atoms in total. The van der Waals surface area contributed by atoms with Crippen LogP contribution in [0.5, 0.6) is 0 Å². The number of halogens is 5. The van der Waals surface area contributed by atoms with Gasteiger partial charge in [0.15, 0.2) is 0 Å². The molecule has 1 aliphatic heterocycles. The van der Waals surface area contributed by atoms with Crippen molar-refractivity contribution in [2.24, 2.45) is 0 Å². The van der Waals surface area contributed by atoms with Crippen molar-refractivity contribution in [2.45, 2.75) is 31.5 Å². The van der Waals surface area contributed by atoms with Crippen LogP contribution in [0.3, 0.4) is 0 Å². The molecule has 4 aromatic rings. The number of nitrogen functional groups attached to an aromatic ring is 1. The lowest BCUT2D eigenvalue weighted by Gasteiger charge is -2.33. The van der Waals surface area contributed by atoms with Crippen molar-refractivity contribution >= 4 is 52.0 Å². The van der Waals surface area contributed by atoms with Gasteiger partial charge < -0.3 is 15.1 Å². The van der Waals surface area contributed by atoms with Crippen LogP contribution in [0, 0.1) is 0 Å². The number of fused-ring (bicyclic) bond motifs is 1. The molecule has 3 aromatic heterocycles. The maximum Gasteiger partial charge on any atom is 0.420 e. The zero-order valence-corrected chi connectivity index (χ0v) is 23.8. The Morgan fingerprint density at radius 2 is 1.88 bits per heavy atom. The van der Waals surface area contributed by atoms with Gasteiger partial charge in [0.25, 0.3) is 5.92 Å². The summed E-state index contributed by atoms with van der Waals surface area (Å²) < 4.78 is 77.7. The number of rotatable bonds is 8. The highest BCUT2D eigenvalue weighted by atomic mass is 32.2. The summed E-state index contributed by atoms with van der Waals surface area (Å²) in [5, 5.41) is 0.299. The second-order valence-electron chi connectivity index (χ2n) is 9.78. The minimum atomic E-state index is -4.65. The molecule has 0 radical (unpaired) electrons. The highest BCUT2D eigenvalue weighted by molar-refractivity contribution is 7.97. The lowest BCUT2D eigenvalue weighted by Crippen LogP contribution is -2.42. The molecule has 0 atom stereocenters. The number of pyridine rings is 2. The minimum Gasteiger partial charge on any atom is -0.459 e. The Morgan fingerprint density at radius 1 is 1.10 bits per heavy atom. The van der Waals surface area contributed by atoms with Gasteiger partial charge in [0, 0.05) is 60.6 Å². The summed E-state index contributed by atoms with van der Waals surface area (Å²) in [6, 6.07) is 11.0. The number of piperidine rings is 1. The Labute approximate surface area is 248 Å². The largest absolute Gasteiger partial charge is 0.459 e. The Hall–Kier alpha value is -3.55. The van der Waals surface area contributed by atoms with Gasteiger partial charge in [-0.05, 0) is 48.0 Å². The summed E-state index contributed by atoms with van der Waals surface area (Å²) in [5.41, 5.74) is 6.46. The van der Waals surface area contributed by atoms with E-state index in [1.54, 1.807) is 41.4 Å². The van der Waals surface area contributed by atoms with Gasteiger partial charge in [-0.1, -0.05) is 36.3 Å². The number of nitrogens with one attached hydrogen (secondary N) is 1. The maximum atomic E-state index is 14.0. The molecule has 3 N–H and O–H groups in total. The van der Waals surface area contributed by atoms with Crippen molar-refractivity contribution in [1.82, 2.24) is 19.6 Å². The van der Waals surface area contributed by atoms with Crippen LogP contribution in [0.4, 0.5) is 27.8 Å². The zero-order valence-electron chi connectivity index (χ0n) is 22.1. The van der Waals surface area contributed by atoms with Gasteiger partial charge in [-0.15, -0.1) is 0 Å². The normalized spacial score (nSPS) is 15.5. The second-order valence-corrected chi connectivity index (χ2v) is 11.1. The van der Waals surface area contributed by atoms with Crippen LogP contribution in [0.1, 0.15) is 35.3 Å². The van der Waals surface area contributed by atoms with Crippen molar-refractivity contribution in [3.05, 3.63) is 83.4 Å². The fraction of sp³-hybridized carbons (Fsp3) is 0.276. The molecule has 13 heteroatoms. The second kappa shape index (κ2) is 12.4. The van der Waals surface area contributed by atoms with Gasteiger partial charge in [-0.3, -0.25) is 9.71 Å². The first-order valence-corrected chi connectivity index (χ1v) is 14.4. The first-order valence-electron chi connectivity index (χ1n) is 13.0. The summed E-state index contributed by atoms with van der Waals surface area (Å²) in [7, 11) is 0. The van der Waals surface area contributed by atoms with E-state index in [2.05, 4.69) is 14.7 Å². The van der Waals surface area contributed by atoms with E-state index < -0.39 is 17.7 Å². The number of benzene rings is 1. The molecule has 1 aromatic carbocycles. The van der Waals surface area contributed by atoms with Gasteiger partial charge in [-0.2, -0.15) is 13.2 Å². The van der Waals surface area contributed by atoms with Crippen LogP contribution in [0.15, 0.2) is 65.4 Å². The summed E-state index contributed by atoms with van der Waals surface area (Å²) in [6.07, 6.45) is 1.73. The molecule has 0 spiro atoms. The molecule has 220 valence electrons. The quantitative estimate of drug-likeness (QED) is 0.0918. The molecule has 0 aliphatic carbocycles. The average molecular weight is 620 g/mol. The highest BCUT2D eigenvalue weighted by Gasteiger charge is 2.36. The third kappa shape index (κ3) is 7.26. The highest BCUT2D eigenvalue weighted by Crippen LogP contribution is 2.39. The van der Waals surface area contributed by atoms with Crippen molar-refractivity contribution < 1.29 is 26.4 Å². The van der Waals surface area contributed by atoms with E-state index in [1.165, 1.54) is 18.1 Å². The monoisotopic (exact) mass is 619 g/mol. The fourth-order valence-electron chi connectivity index (χ4n) is 4.49.